The number of pyridine rings is 1. The van der Waals surface area contributed by atoms with Crippen molar-refractivity contribution in [2.45, 2.75) is 6.54 Å². The molecule has 1 aromatic heterocycles. The van der Waals surface area contributed by atoms with E-state index in [0.717, 1.165) is 12.1 Å². The van der Waals surface area contributed by atoms with E-state index in [2.05, 4.69) is 10.3 Å². The molecular weight excluding hydrogens is 299 g/mol. The second kappa shape index (κ2) is 6.15. The number of rotatable bonds is 4. The first-order valence-electron chi connectivity index (χ1n) is 5.73. The summed E-state index contributed by atoms with van der Waals surface area (Å²) >= 11 is 5.65. The van der Waals surface area contributed by atoms with Gasteiger partial charge in [0.25, 0.3) is 0 Å². The van der Waals surface area contributed by atoms with Gasteiger partial charge in [-0.25, -0.2) is 9.37 Å². The van der Waals surface area contributed by atoms with Gasteiger partial charge in [-0.1, -0.05) is 17.7 Å². The smallest absolute Gasteiger partial charge is 0.312 e. The standard InChI is InChI=1S/C13H8ClFN4O2/c14-10-4-12(19(20)21)13(18-7-10)17-6-9-2-1-8(5-16)3-11(9)15/h1-4,7H,6H2,(H,17,18). The van der Waals surface area contributed by atoms with Crippen LogP contribution in [0.15, 0.2) is 30.5 Å². The Morgan fingerprint density at radius 1 is 1.48 bits per heavy atom. The Labute approximate surface area is 124 Å². The summed E-state index contributed by atoms with van der Waals surface area (Å²) in [6.45, 7) is -0.00693. The van der Waals surface area contributed by atoms with E-state index in [-0.39, 0.29) is 34.2 Å². The molecule has 2 rings (SSSR count). The summed E-state index contributed by atoms with van der Waals surface area (Å²) in [6.07, 6.45) is 1.26. The first-order valence-corrected chi connectivity index (χ1v) is 6.11. The molecule has 0 atom stereocenters. The fraction of sp³-hybridized carbons (Fsp3) is 0.0769. The summed E-state index contributed by atoms with van der Waals surface area (Å²) in [7, 11) is 0. The lowest BCUT2D eigenvalue weighted by atomic mass is 10.1. The van der Waals surface area contributed by atoms with Crippen LogP contribution < -0.4 is 5.32 Å². The normalized spacial score (nSPS) is 9.95. The topological polar surface area (TPSA) is 91.8 Å². The Kier molecular flexibility index (Phi) is 4.30. The van der Waals surface area contributed by atoms with E-state index in [0.29, 0.717) is 0 Å². The van der Waals surface area contributed by atoms with Gasteiger partial charge in [-0.15, -0.1) is 0 Å². The van der Waals surface area contributed by atoms with Crippen molar-refractivity contribution >= 4 is 23.1 Å². The van der Waals surface area contributed by atoms with E-state index in [9.17, 15) is 14.5 Å². The highest BCUT2D eigenvalue weighted by atomic mass is 35.5. The maximum Gasteiger partial charge on any atom is 0.312 e. The van der Waals surface area contributed by atoms with Crippen molar-refractivity contribution in [2.75, 3.05) is 5.32 Å². The summed E-state index contributed by atoms with van der Waals surface area (Å²) in [5.41, 5.74) is 0.170. The van der Waals surface area contributed by atoms with Crippen LogP contribution in [0.25, 0.3) is 0 Å². The monoisotopic (exact) mass is 306 g/mol. The molecule has 0 unspecified atom stereocenters. The molecule has 1 N–H and O–H groups in total. The van der Waals surface area contributed by atoms with Gasteiger partial charge in [-0.2, -0.15) is 5.26 Å². The number of nitrogens with one attached hydrogen (secondary N) is 1. The van der Waals surface area contributed by atoms with E-state index in [1.54, 1.807) is 0 Å². The Balaban J connectivity index is 2.21. The van der Waals surface area contributed by atoms with Gasteiger partial charge in [0.15, 0.2) is 0 Å². The molecule has 1 aromatic carbocycles. The molecule has 0 bridgehead atoms. The van der Waals surface area contributed by atoms with E-state index < -0.39 is 10.7 Å². The maximum absolute atomic E-state index is 13.7. The highest BCUT2D eigenvalue weighted by Gasteiger charge is 2.16. The molecule has 0 saturated heterocycles. The second-order valence-corrected chi connectivity index (χ2v) is 4.49. The number of benzene rings is 1. The molecule has 0 fully saturated rings. The Morgan fingerprint density at radius 2 is 2.24 bits per heavy atom. The van der Waals surface area contributed by atoms with Gasteiger partial charge in [0, 0.05) is 24.4 Å². The number of nitrogens with zero attached hydrogens (tertiary/aromatic N) is 3. The van der Waals surface area contributed by atoms with Gasteiger partial charge < -0.3 is 5.32 Å². The molecule has 0 spiro atoms. The molecule has 0 saturated carbocycles. The Bertz CT molecular complexity index is 745. The predicted molar refractivity (Wildman–Crippen MR) is 74.3 cm³/mol. The molecule has 21 heavy (non-hydrogen) atoms. The van der Waals surface area contributed by atoms with Crippen LogP contribution in [-0.4, -0.2) is 9.91 Å². The van der Waals surface area contributed by atoms with Crippen LogP contribution in [0, 0.1) is 27.3 Å². The molecule has 8 heteroatoms. The zero-order chi connectivity index (χ0) is 15.4. The van der Waals surface area contributed by atoms with Crippen molar-refractivity contribution in [3.63, 3.8) is 0 Å². The van der Waals surface area contributed by atoms with Crippen molar-refractivity contribution in [3.05, 3.63) is 62.5 Å². The molecule has 0 amide bonds. The average molecular weight is 307 g/mol. The van der Waals surface area contributed by atoms with E-state index in [1.165, 1.54) is 18.3 Å². The van der Waals surface area contributed by atoms with Gasteiger partial charge in [-0.05, 0) is 12.1 Å². The third-order valence-corrected chi connectivity index (χ3v) is 2.87. The Hall–Kier alpha value is -2.72. The molecule has 0 aliphatic heterocycles. The molecule has 0 aliphatic carbocycles. The molecule has 106 valence electrons. The minimum absolute atomic E-state index is 0.00633. The number of hydrogen-bond donors (Lipinski definition) is 1. The summed E-state index contributed by atoms with van der Waals surface area (Å²) in [4.78, 5) is 14.1. The van der Waals surface area contributed by atoms with Crippen molar-refractivity contribution in [1.29, 1.82) is 5.26 Å². The van der Waals surface area contributed by atoms with Crippen molar-refractivity contribution in [1.82, 2.24) is 4.98 Å². The molecule has 0 radical (unpaired) electrons. The summed E-state index contributed by atoms with van der Waals surface area (Å²) in [5, 5.41) is 22.4. The van der Waals surface area contributed by atoms with Gasteiger partial charge in [0.1, 0.15) is 5.82 Å². The number of aromatic nitrogens is 1. The van der Waals surface area contributed by atoms with Crippen molar-refractivity contribution in [2.24, 2.45) is 0 Å². The number of hydrogen-bond acceptors (Lipinski definition) is 5. The lowest BCUT2D eigenvalue weighted by Crippen LogP contribution is -2.06. The number of anilines is 1. The maximum atomic E-state index is 13.7. The first-order chi connectivity index (χ1) is 10.0. The summed E-state index contributed by atoms with van der Waals surface area (Å²) < 4.78 is 13.7. The van der Waals surface area contributed by atoms with Crippen molar-refractivity contribution in [3.8, 4) is 6.07 Å². The van der Waals surface area contributed by atoms with Crippen LogP contribution in [-0.2, 0) is 6.54 Å². The molecule has 6 nitrogen and oxygen atoms in total. The fourth-order valence-electron chi connectivity index (χ4n) is 1.64. The van der Waals surface area contributed by atoms with Gasteiger partial charge >= 0.3 is 5.69 Å². The Morgan fingerprint density at radius 3 is 2.86 bits per heavy atom. The minimum atomic E-state index is -0.629. The van der Waals surface area contributed by atoms with E-state index in [1.807, 2.05) is 6.07 Å². The molecule has 0 aliphatic rings. The largest absolute Gasteiger partial charge is 0.360 e. The van der Waals surface area contributed by atoms with Crippen molar-refractivity contribution < 1.29 is 9.31 Å². The van der Waals surface area contributed by atoms with Crippen LogP contribution in [0.3, 0.4) is 0 Å². The highest BCUT2D eigenvalue weighted by molar-refractivity contribution is 6.30. The third-order valence-electron chi connectivity index (χ3n) is 2.66. The van der Waals surface area contributed by atoms with E-state index >= 15 is 0 Å². The first kappa shape index (κ1) is 14.7. The second-order valence-electron chi connectivity index (χ2n) is 4.05. The molecular formula is C13H8ClFN4O2. The SMILES string of the molecule is N#Cc1ccc(CNc2ncc(Cl)cc2[N+](=O)[O-])c(F)c1. The quantitative estimate of drug-likeness (QED) is 0.691. The minimum Gasteiger partial charge on any atom is -0.360 e. The van der Waals surface area contributed by atoms with Crippen LogP contribution >= 0.6 is 11.6 Å². The van der Waals surface area contributed by atoms with Crippen LogP contribution in [0.5, 0.6) is 0 Å². The molecule has 1 heterocycles. The van der Waals surface area contributed by atoms with Crippen LogP contribution in [0.4, 0.5) is 15.9 Å². The zero-order valence-corrected chi connectivity index (χ0v) is 11.3. The average Bonchev–Trinajstić information content (AvgIpc) is 2.46. The third kappa shape index (κ3) is 3.43. The number of nitriles is 1. The van der Waals surface area contributed by atoms with Gasteiger partial charge in [0.05, 0.1) is 21.6 Å². The fourth-order valence-corrected chi connectivity index (χ4v) is 1.80. The lowest BCUT2D eigenvalue weighted by molar-refractivity contribution is -0.384. The zero-order valence-electron chi connectivity index (χ0n) is 10.5. The number of halogens is 2. The van der Waals surface area contributed by atoms with Crippen LogP contribution in [0.1, 0.15) is 11.1 Å². The summed E-state index contributed by atoms with van der Waals surface area (Å²) in [5.74, 6) is -0.577. The highest BCUT2D eigenvalue weighted by Crippen LogP contribution is 2.25. The predicted octanol–water partition coefficient (Wildman–Crippen LogP) is 3.27. The van der Waals surface area contributed by atoms with Gasteiger partial charge in [0.2, 0.25) is 5.82 Å². The number of nitro groups is 1. The van der Waals surface area contributed by atoms with E-state index in [4.69, 9.17) is 16.9 Å². The van der Waals surface area contributed by atoms with Gasteiger partial charge in [-0.3, -0.25) is 10.1 Å². The summed E-state index contributed by atoms with van der Waals surface area (Å²) in [6, 6.07) is 6.97. The lowest BCUT2D eigenvalue weighted by Gasteiger charge is -2.07. The molecule has 2 aromatic rings. The van der Waals surface area contributed by atoms with Crippen LogP contribution in [0.2, 0.25) is 5.02 Å².